The second-order valence-corrected chi connectivity index (χ2v) is 17.6. The number of hydrogen-bond donors (Lipinski definition) is 0. The van der Waals surface area contributed by atoms with E-state index in [0.717, 1.165) is 13.2 Å². The van der Waals surface area contributed by atoms with Gasteiger partial charge in [-0.1, -0.05) is 42.2 Å². The van der Waals surface area contributed by atoms with E-state index < -0.39 is 58.4 Å². The van der Waals surface area contributed by atoms with Crippen molar-refractivity contribution in [1.82, 2.24) is 0 Å². The molecular formula is C46H69BrO18. The van der Waals surface area contributed by atoms with Crippen LogP contribution in [0, 0.1) is 17.8 Å². The Morgan fingerprint density at radius 1 is 0.600 bits per heavy atom. The van der Waals surface area contributed by atoms with E-state index in [0.29, 0.717) is 28.9 Å². The number of Topliss-reactive ketones (excluding diaryl/α,β-unsaturated/α-hetero) is 1. The zero-order chi connectivity index (χ0) is 51.0. The third-order valence-corrected chi connectivity index (χ3v) is 9.90. The van der Waals surface area contributed by atoms with Gasteiger partial charge in [0.2, 0.25) is 0 Å². The lowest BCUT2D eigenvalue weighted by atomic mass is 9.94. The molecule has 4 fully saturated rings. The van der Waals surface area contributed by atoms with Gasteiger partial charge in [-0.25, -0.2) is 19.2 Å². The monoisotopic (exact) mass is 988 g/mol. The second kappa shape index (κ2) is 29.4. The molecule has 4 aliphatic rings. The van der Waals surface area contributed by atoms with Crippen molar-refractivity contribution >= 4 is 69.5 Å². The number of esters is 8. The van der Waals surface area contributed by atoms with Gasteiger partial charge in [0.25, 0.3) is 0 Å². The first-order valence-electron chi connectivity index (χ1n) is 20.7. The van der Waals surface area contributed by atoms with Crippen LogP contribution in [0.1, 0.15) is 103 Å². The van der Waals surface area contributed by atoms with E-state index in [9.17, 15) is 43.2 Å². The Morgan fingerprint density at radius 2 is 0.892 bits per heavy atom. The van der Waals surface area contributed by atoms with E-state index in [1.165, 1.54) is 26.7 Å². The fourth-order valence-electron chi connectivity index (χ4n) is 4.45. The van der Waals surface area contributed by atoms with E-state index >= 15 is 0 Å². The van der Waals surface area contributed by atoms with Crippen molar-refractivity contribution in [2.75, 3.05) is 46.2 Å². The van der Waals surface area contributed by atoms with Gasteiger partial charge in [0.1, 0.15) is 31.3 Å². The molecule has 0 aromatic rings. The van der Waals surface area contributed by atoms with Gasteiger partial charge in [-0.2, -0.15) is 0 Å². The number of carbonyl (C=O) groups excluding carboxylic acids is 9. The minimum Gasteiger partial charge on any atom is -0.465 e. The standard InChI is InChI=1S/3C10H14O4.C7H10O3.C5H9BrO2.C4H8O/c3*1-6(2)8(11)14-10(4)5-13-9(12)7(10)3;1-5(2)7(9)10-4-6(3)8;1-3-8-5(7)4(2)6;1-2-4-5-3-1/h3*7H,1,5H2,2-4H3;1,4H2,2-3H3;4H,3H2,1-2H3;1-4H2/t7-,10+;7-,10-;;;;/m01..../s1. The van der Waals surface area contributed by atoms with E-state index in [1.54, 1.807) is 76.2 Å². The summed E-state index contributed by atoms with van der Waals surface area (Å²) in [5.41, 5.74) is -1.30. The molecule has 3 unspecified atom stereocenters. The highest BCUT2D eigenvalue weighted by molar-refractivity contribution is 9.10. The molecule has 7 atom stereocenters. The smallest absolute Gasteiger partial charge is 0.333 e. The SMILES string of the molecule is C1CCOC1.C=C(C)C(=O)OC1(C)COC(=O)C1C.C=C(C)C(=O)OCC(C)=O.C=C(C)C(=O)O[C@]1(C)COC(=O)[C@@H]1C.C=C(C)C(=O)O[C@]1(C)COC(=O)[C@H]1C.CCOC(=O)C(C)Br. The number of ketones is 1. The third-order valence-electron chi connectivity index (χ3n) is 9.53. The molecule has 368 valence electrons. The quantitative estimate of drug-likeness (QED) is 0.0999. The summed E-state index contributed by atoms with van der Waals surface area (Å²) in [5, 5.41) is 0. The highest BCUT2D eigenvalue weighted by Gasteiger charge is 2.49. The Labute approximate surface area is 391 Å². The molecule has 0 bridgehead atoms. The number of cyclic esters (lactones) is 3. The molecule has 19 heteroatoms. The Bertz CT molecular complexity index is 1610. The maximum atomic E-state index is 11.3. The molecule has 4 heterocycles. The largest absolute Gasteiger partial charge is 0.465 e. The van der Waals surface area contributed by atoms with Crippen LogP contribution in [0.3, 0.4) is 0 Å². The van der Waals surface area contributed by atoms with Crippen LogP contribution in [0.2, 0.25) is 0 Å². The summed E-state index contributed by atoms with van der Waals surface area (Å²) in [4.78, 5) is 98.3. The van der Waals surface area contributed by atoms with E-state index in [4.69, 9.17) is 33.2 Å². The molecule has 0 spiro atoms. The van der Waals surface area contributed by atoms with Crippen LogP contribution in [0.4, 0.5) is 0 Å². The van der Waals surface area contributed by atoms with Crippen LogP contribution in [0.15, 0.2) is 48.6 Å². The summed E-state index contributed by atoms with van der Waals surface area (Å²) in [6.45, 7) is 37.6. The first kappa shape index (κ1) is 61.9. The van der Waals surface area contributed by atoms with Crippen molar-refractivity contribution in [1.29, 1.82) is 0 Å². The molecular weight excluding hydrogens is 920 g/mol. The fourth-order valence-corrected chi connectivity index (χ4v) is 4.58. The number of alkyl halides is 1. The van der Waals surface area contributed by atoms with E-state index in [1.807, 2.05) is 0 Å². The van der Waals surface area contributed by atoms with Gasteiger partial charge in [-0.05, 0) is 103 Å². The maximum Gasteiger partial charge on any atom is 0.333 e. The van der Waals surface area contributed by atoms with Crippen LogP contribution in [-0.2, 0) is 85.8 Å². The van der Waals surface area contributed by atoms with Crippen molar-refractivity contribution in [3.63, 3.8) is 0 Å². The van der Waals surface area contributed by atoms with E-state index in [-0.39, 0.29) is 60.9 Å². The zero-order valence-electron chi connectivity index (χ0n) is 40.2. The lowest BCUT2D eigenvalue weighted by molar-refractivity contribution is -0.157. The Morgan fingerprint density at radius 3 is 1.05 bits per heavy atom. The summed E-state index contributed by atoms with van der Waals surface area (Å²) < 4.78 is 44.0. The minimum atomic E-state index is -0.854. The Kier molecular flexibility index (Phi) is 28.0. The number of hydrogen-bond acceptors (Lipinski definition) is 18. The minimum absolute atomic E-state index is 0.117. The summed E-state index contributed by atoms with van der Waals surface area (Å²) in [6.07, 6.45) is 2.56. The first-order valence-corrected chi connectivity index (χ1v) is 21.6. The average Bonchev–Trinajstić information content (AvgIpc) is 4.00. The Hall–Kier alpha value is -5.17. The predicted octanol–water partition coefficient (Wildman–Crippen LogP) is 6.00. The third kappa shape index (κ3) is 23.0. The molecule has 0 aromatic carbocycles. The first-order chi connectivity index (χ1) is 29.8. The highest BCUT2D eigenvalue weighted by Crippen LogP contribution is 2.32. The van der Waals surface area contributed by atoms with Crippen LogP contribution in [0.25, 0.3) is 0 Å². The molecule has 4 saturated heterocycles. The number of ether oxygens (including phenoxy) is 9. The van der Waals surface area contributed by atoms with Crippen molar-refractivity contribution < 1.29 is 85.8 Å². The summed E-state index contributed by atoms with van der Waals surface area (Å²) >= 11 is 3.07. The number of rotatable bonds is 11. The highest BCUT2D eigenvalue weighted by atomic mass is 79.9. The van der Waals surface area contributed by atoms with Crippen molar-refractivity contribution in [2.45, 2.75) is 124 Å². The van der Waals surface area contributed by atoms with Gasteiger partial charge in [0.05, 0.1) is 24.4 Å². The van der Waals surface area contributed by atoms with Crippen molar-refractivity contribution in [2.24, 2.45) is 17.8 Å². The molecule has 4 rings (SSSR count). The summed E-state index contributed by atoms with van der Waals surface area (Å²) in [6, 6.07) is 0. The van der Waals surface area contributed by atoms with Crippen LogP contribution in [0.5, 0.6) is 0 Å². The van der Waals surface area contributed by atoms with Gasteiger partial charge in [-0.3, -0.25) is 24.0 Å². The van der Waals surface area contributed by atoms with Gasteiger partial charge in [-0.15, -0.1) is 0 Å². The zero-order valence-corrected chi connectivity index (χ0v) is 41.8. The molecule has 0 amide bonds. The van der Waals surface area contributed by atoms with Gasteiger partial charge in [0, 0.05) is 35.5 Å². The van der Waals surface area contributed by atoms with Crippen LogP contribution >= 0.6 is 15.9 Å². The summed E-state index contributed by atoms with van der Waals surface area (Å²) in [7, 11) is 0. The average molecular weight is 990 g/mol. The maximum absolute atomic E-state index is 11.3. The van der Waals surface area contributed by atoms with E-state index in [2.05, 4.69) is 51.7 Å². The normalized spacial score (nSPS) is 24.8. The second-order valence-electron chi connectivity index (χ2n) is 16.2. The predicted molar refractivity (Wildman–Crippen MR) is 240 cm³/mol. The molecule has 0 N–H and O–H groups in total. The fraction of sp³-hybridized carbons (Fsp3) is 0.630. The number of halogens is 1. The van der Waals surface area contributed by atoms with Crippen LogP contribution < -0.4 is 0 Å². The van der Waals surface area contributed by atoms with Crippen molar-refractivity contribution in [3.05, 3.63) is 48.6 Å². The molecule has 18 nitrogen and oxygen atoms in total. The number of carbonyl (C=O) groups is 9. The summed E-state index contributed by atoms with van der Waals surface area (Å²) in [5.74, 6) is -4.63. The molecule has 65 heavy (non-hydrogen) atoms. The topological polar surface area (TPSA) is 237 Å². The van der Waals surface area contributed by atoms with Gasteiger partial charge >= 0.3 is 47.8 Å². The molecule has 0 aromatic heterocycles. The molecule has 0 aliphatic carbocycles. The Balaban J connectivity index is 0. The van der Waals surface area contributed by atoms with Crippen molar-refractivity contribution in [3.8, 4) is 0 Å². The van der Waals surface area contributed by atoms with Crippen LogP contribution in [-0.4, -0.2) is 121 Å². The molecule has 0 radical (unpaired) electrons. The lowest BCUT2D eigenvalue weighted by Crippen LogP contribution is -2.38. The lowest BCUT2D eigenvalue weighted by Gasteiger charge is -2.25. The van der Waals surface area contributed by atoms with Gasteiger partial charge < -0.3 is 42.6 Å². The molecule has 0 saturated carbocycles. The molecule has 4 aliphatic heterocycles. The van der Waals surface area contributed by atoms with Gasteiger partial charge in [0.15, 0.2) is 22.6 Å².